The highest BCUT2D eigenvalue weighted by molar-refractivity contribution is 6.30. The van der Waals surface area contributed by atoms with Crippen molar-refractivity contribution in [3.8, 4) is 5.75 Å². The quantitative estimate of drug-likeness (QED) is 0.565. The van der Waals surface area contributed by atoms with Gasteiger partial charge in [-0.1, -0.05) is 41.9 Å². The minimum absolute atomic E-state index is 0.0406. The number of methoxy groups -OCH3 is 1. The van der Waals surface area contributed by atoms with Crippen LogP contribution in [0.4, 0.5) is 4.79 Å². The van der Waals surface area contributed by atoms with Crippen molar-refractivity contribution in [3.63, 3.8) is 0 Å². The van der Waals surface area contributed by atoms with Gasteiger partial charge in [0, 0.05) is 18.1 Å². The molecule has 2 atom stereocenters. The number of urea groups is 1. The van der Waals surface area contributed by atoms with Gasteiger partial charge in [0.2, 0.25) is 11.8 Å². The average Bonchev–Trinajstić information content (AvgIpc) is 2.93. The highest BCUT2D eigenvalue weighted by Gasteiger charge is 2.35. The molecule has 4 amide bonds. The Balaban J connectivity index is 1.75. The Labute approximate surface area is 195 Å². The Morgan fingerprint density at radius 1 is 1.24 bits per heavy atom. The van der Waals surface area contributed by atoms with Gasteiger partial charge < -0.3 is 20.5 Å². The lowest BCUT2D eigenvalue weighted by Gasteiger charge is -2.23. The summed E-state index contributed by atoms with van der Waals surface area (Å²) in [7, 11) is 1.49. The first-order valence-electron chi connectivity index (χ1n) is 10.3. The molecule has 33 heavy (non-hydrogen) atoms. The maximum absolute atomic E-state index is 13.2. The van der Waals surface area contributed by atoms with E-state index in [1.807, 2.05) is 0 Å². The van der Waals surface area contributed by atoms with Crippen LogP contribution in [0.25, 0.3) is 0 Å². The first-order chi connectivity index (χ1) is 15.8. The number of carboxylic acid groups (broad SMARTS) is 1. The predicted octanol–water partition coefficient (Wildman–Crippen LogP) is 2.04. The zero-order valence-electron chi connectivity index (χ0n) is 17.9. The van der Waals surface area contributed by atoms with Crippen LogP contribution in [0.15, 0.2) is 48.5 Å². The lowest BCUT2D eigenvalue weighted by molar-refractivity contribution is -0.138. The molecular formula is C23H24ClN3O6. The number of rotatable bonds is 7. The number of nitrogens with zero attached hydrogens (tertiary/aromatic N) is 1. The third-order valence-electron chi connectivity index (χ3n) is 5.37. The van der Waals surface area contributed by atoms with Crippen molar-refractivity contribution in [2.24, 2.45) is 5.92 Å². The van der Waals surface area contributed by atoms with Crippen LogP contribution in [0.1, 0.15) is 17.0 Å². The van der Waals surface area contributed by atoms with Crippen LogP contribution < -0.4 is 15.4 Å². The number of ether oxygens (including phenoxy) is 1. The van der Waals surface area contributed by atoms with Gasteiger partial charge in [0.1, 0.15) is 12.3 Å². The zero-order chi connectivity index (χ0) is 24.0. The highest BCUT2D eigenvalue weighted by atomic mass is 35.5. The Kier molecular flexibility index (Phi) is 7.89. The third kappa shape index (κ3) is 6.01. The van der Waals surface area contributed by atoms with Crippen LogP contribution >= 0.6 is 11.6 Å². The summed E-state index contributed by atoms with van der Waals surface area (Å²) in [5, 5.41) is 15.1. The van der Waals surface area contributed by atoms with Gasteiger partial charge in [0.25, 0.3) is 0 Å². The van der Waals surface area contributed by atoms with E-state index < -0.39 is 42.2 Å². The average molecular weight is 474 g/mol. The molecule has 0 radical (unpaired) electrons. The molecule has 3 rings (SSSR count). The SMILES string of the molecule is COc1ccc(Cl)cc1CC1CNC(=O)CN(C(=O)NCC(C(=O)O)c2ccccc2)C1=O. The van der Waals surface area contributed by atoms with Crippen molar-refractivity contribution in [2.75, 3.05) is 26.7 Å². The van der Waals surface area contributed by atoms with Crippen molar-refractivity contribution in [2.45, 2.75) is 12.3 Å². The fraction of sp³-hybridized carbons (Fsp3) is 0.304. The Hall–Kier alpha value is -3.59. The van der Waals surface area contributed by atoms with E-state index in [-0.39, 0.29) is 19.5 Å². The topological polar surface area (TPSA) is 125 Å². The Bertz CT molecular complexity index is 1050. The molecule has 0 spiro atoms. The number of amides is 4. The van der Waals surface area contributed by atoms with E-state index in [1.165, 1.54) is 7.11 Å². The third-order valence-corrected chi connectivity index (χ3v) is 5.61. The van der Waals surface area contributed by atoms with E-state index >= 15 is 0 Å². The van der Waals surface area contributed by atoms with E-state index in [1.54, 1.807) is 48.5 Å². The van der Waals surface area contributed by atoms with Gasteiger partial charge >= 0.3 is 12.0 Å². The van der Waals surface area contributed by atoms with Gasteiger partial charge in [-0.15, -0.1) is 0 Å². The number of carboxylic acids is 1. The maximum atomic E-state index is 13.2. The Morgan fingerprint density at radius 3 is 2.64 bits per heavy atom. The molecule has 0 aliphatic carbocycles. The summed E-state index contributed by atoms with van der Waals surface area (Å²) in [6, 6.07) is 12.6. The summed E-state index contributed by atoms with van der Waals surface area (Å²) in [4.78, 5) is 50.6. The number of nitrogens with one attached hydrogen (secondary N) is 2. The number of carbonyl (C=O) groups excluding carboxylic acids is 3. The van der Waals surface area contributed by atoms with Crippen molar-refractivity contribution in [3.05, 3.63) is 64.7 Å². The van der Waals surface area contributed by atoms with Crippen LogP contribution in [-0.4, -0.2) is 60.6 Å². The second-order valence-corrected chi connectivity index (χ2v) is 8.01. The first kappa shape index (κ1) is 24.1. The number of hydrogen-bond donors (Lipinski definition) is 3. The molecule has 0 bridgehead atoms. The standard InChI is InChI=1S/C23H24ClN3O6/c1-33-19-8-7-17(24)10-15(19)9-16-11-25-20(28)13-27(21(16)29)23(32)26-12-18(22(30)31)14-5-3-2-4-6-14/h2-8,10,16,18H,9,11-13H2,1H3,(H,25,28)(H,26,32)(H,30,31). The number of halogens is 1. The van der Waals surface area contributed by atoms with Crippen LogP contribution in [0.5, 0.6) is 5.75 Å². The Morgan fingerprint density at radius 2 is 1.97 bits per heavy atom. The summed E-state index contributed by atoms with van der Waals surface area (Å²) >= 11 is 6.08. The molecule has 2 unspecified atom stereocenters. The number of carbonyl (C=O) groups is 4. The summed E-state index contributed by atoms with van der Waals surface area (Å²) in [6.07, 6.45) is 0.189. The smallest absolute Gasteiger partial charge is 0.324 e. The maximum Gasteiger partial charge on any atom is 0.324 e. The molecule has 1 aliphatic heterocycles. The molecule has 1 saturated heterocycles. The molecule has 174 valence electrons. The molecule has 1 heterocycles. The second-order valence-electron chi connectivity index (χ2n) is 7.57. The predicted molar refractivity (Wildman–Crippen MR) is 120 cm³/mol. The van der Waals surface area contributed by atoms with Crippen molar-refractivity contribution >= 4 is 35.4 Å². The summed E-state index contributed by atoms with van der Waals surface area (Å²) in [6.45, 7) is -0.661. The van der Waals surface area contributed by atoms with Crippen molar-refractivity contribution < 1.29 is 29.0 Å². The van der Waals surface area contributed by atoms with E-state index in [4.69, 9.17) is 16.3 Å². The van der Waals surface area contributed by atoms with Crippen LogP contribution in [-0.2, 0) is 20.8 Å². The monoisotopic (exact) mass is 473 g/mol. The normalized spacial score (nSPS) is 17.0. The van der Waals surface area contributed by atoms with Gasteiger partial charge in [0.05, 0.1) is 18.9 Å². The van der Waals surface area contributed by atoms with E-state index in [9.17, 15) is 24.3 Å². The minimum atomic E-state index is -1.12. The second kappa shape index (κ2) is 10.8. The summed E-state index contributed by atoms with van der Waals surface area (Å²) < 4.78 is 5.33. The molecule has 1 fully saturated rings. The zero-order valence-corrected chi connectivity index (χ0v) is 18.7. The lowest BCUT2D eigenvalue weighted by Crippen LogP contribution is -2.49. The van der Waals surface area contributed by atoms with Crippen LogP contribution in [0.3, 0.4) is 0 Å². The summed E-state index contributed by atoms with van der Waals surface area (Å²) in [5.41, 5.74) is 1.17. The van der Waals surface area contributed by atoms with Gasteiger partial charge in [0.15, 0.2) is 0 Å². The molecule has 3 N–H and O–H groups in total. The fourth-order valence-electron chi connectivity index (χ4n) is 3.64. The molecule has 9 nitrogen and oxygen atoms in total. The number of imide groups is 1. The van der Waals surface area contributed by atoms with Crippen LogP contribution in [0.2, 0.25) is 5.02 Å². The molecule has 2 aromatic carbocycles. The van der Waals surface area contributed by atoms with Gasteiger partial charge in [-0.3, -0.25) is 19.3 Å². The van der Waals surface area contributed by atoms with Gasteiger partial charge in [-0.05, 0) is 35.7 Å². The lowest BCUT2D eigenvalue weighted by atomic mass is 9.97. The van der Waals surface area contributed by atoms with E-state index in [2.05, 4.69) is 10.6 Å². The number of benzene rings is 2. The molecule has 10 heteroatoms. The van der Waals surface area contributed by atoms with Gasteiger partial charge in [-0.2, -0.15) is 0 Å². The van der Waals surface area contributed by atoms with Crippen LogP contribution in [0, 0.1) is 5.92 Å². The largest absolute Gasteiger partial charge is 0.496 e. The van der Waals surface area contributed by atoms with E-state index in [0.29, 0.717) is 21.9 Å². The molecule has 2 aromatic rings. The molecular weight excluding hydrogens is 450 g/mol. The highest BCUT2D eigenvalue weighted by Crippen LogP contribution is 2.26. The van der Waals surface area contributed by atoms with E-state index in [0.717, 1.165) is 4.90 Å². The molecule has 1 aliphatic rings. The summed E-state index contributed by atoms with van der Waals surface area (Å²) in [5.74, 6) is -3.37. The number of hydrogen-bond acceptors (Lipinski definition) is 5. The molecule has 0 aromatic heterocycles. The fourth-order valence-corrected chi connectivity index (χ4v) is 3.84. The molecule has 0 saturated carbocycles. The van der Waals surface area contributed by atoms with Crippen molar-refractivity contribution in [1.29, 1.82) is 0 Å². The number of aliphatic carboxylic acids is 1. The first-order valence-corrected chi connectivity index (χ1v) is 10.6. The minimum Gasteiger partial charge on any atom is -0.496 e. The van der Waals surface area contributed by atoms with Crippen molar-refractivity contribution in [1.82, 2.24) is 15.5 Å². The van der Waals surface area contributed by atoms with Gasteiger partial charge in [-0.25, -0.2) is 4.79 Å².